The van der Waals surface area contributed by atoms with Crippen LogP contribution < -0.4 is 0 Å². The predicted molar refractivity (Wildman–Crippen MR) is 46.7 cm³/mol. The van der Waals surface area contributed by atoms with Crippen LogP contribution in [-0.4, -0.2) is 34.2 Å². The van der Waals surface area contributed by atoms with Crippen molar-refractivity contribution < 1.29 is 22.7 Å². The van der Waals surface area contributed by atoms with E-state index in [1.54, 1.807) is 0 Å². The molecule has 0 aliphatic heterocycles. The van der Waals surface area contributed by atoms with Crippen molar-refractivity contribution in [2.45, 2.75) is 25.6 Å². The third kappa shape index (κ3) is 3.87. The van der Waals surface area contributed by atoms with Crippen molar-refractivity contribution in [3.05, 3.63) is 11.9 Å². The Morgan fingerprint density at radius 3 is 2.81 bits per heavy atom. The van der Waals surface area contributed by atoms with Crippen LogP contribution in [0.3, 0.4) is 0 Å². The van der Waals surface area contributed by atoms with Gasteiger partial charge in [-0.2, -0.15) is 13.2 Å². The SMILES string of the molecule is COC(=O)c1cn(CCCC(F)(F)F)nn1. The Labute approximate surface area is 89.2 Å². The van der Waals surface area contributed by atoms with Crippen LogP contribution in [0.25, 0.3) is 0 Å². The number of halogens is 3. The fourth-order valence-corrected chi connectivity index (χ4v) is 1.05. The average molecular weight is 237 g/mol. The number of carbonyl (C=O) groups is 1. The Balaban J connectivity index is 2.44. The van der Waals surface area contributed by atoms with Gasteiger partial charge in [-0.3, -0.25) is 4.68 Å². The van der Waals surface area contributed by atoms with Gasteiger partial charge in [0.05, 0.1) is 13.3 Å². The van der Waals surface area contributed by atoms with Crippen LogP contribution in [0.5, 0.6) is 0 Å². The number of hydrogen-bond donors (Lipinski definition) is 0. The Kier molecular flexibility index (Phi) is 3.86. The molecular formula is C8H10F3N3O2. The lowest BCUT2D eigenvalue weighted by Gasteiger charge is -2.04. The Morgan fingerprint density at radius 1 is 1.56 bits per heavy atom. The number of alkyl halides is 3. The molecule has 0 amide bonds. The highest BCUT2D eigenvalue weighted by Crippen LogP contribution is 2.21. The van der Waals surface area contributed by atoms with Crippen molar-refractivity contribution >= 4 is 5.97 Å². The summed E-state index contributed by atoms with van der Waals surface area (Å²) in [4.78, 5) is 10.9. The molecule has 1 rings (SSSR count). The van der Waals surface area contributed by atoms with Crippen LogP contribution in [0, 0.1) is 0 Å². The van der Waals surface area contributed by atoms with Gasteiger partial charge < -0.3 is 4.74 Å². The van der Waals surface area contributed by atoms with Crippen molar-refractivity contribution in [1.29, 1.82) is 0 Å². The van der Waals surface area contributed by atoms with Gasteiger partial charge in [0.25, 0.3) is 0 Å². The van der Waals surface area contributed by atoms with Crippen LogP contribution in [0.1, 0.15) is 23.3 Å². The fraction of sp³-hybridized carbons (Fsp3) is 0.625. The van der Waals surface area contributed by atoms with Gasteiger partial charge in [0, 0.05) is 13.0 Å². The van der Waals surface area contributed by atoms with Crippen LogP contribution in [0.4, 0.5) is 13.2 Å². The molecule has 0 fully saturated rings. The largest absolute Gasteiger partial charge is 0.464 e. The second kappa shape index (κ2) is 4.95. The van der Waals surface area contributed by atoms with E-state index in [1.165, 1.54) is 18.0 Å². The molecule has 0 saturated carbocycles. The lowest BCUT2D eigenvalue weighted by Crippen LogP contribution is -2.09. The van der Waals surface area contributed by atoms with E-state index in [0.717, 1.165) is 0 Å². The van der Waals surface area contributed by atoms with E-state index >= 15 is 0 Å². The molecular weight excluding hydrogens is 227 g/mol. The maximum atomic E-state index is 11.8. The molecule has 0 radical (unpaired) electrons. The summed E-state index contributed by atoms with van der Waals surface area (Å²) in [5.74, 6) is -0.665. The highest BCUT2D eigenvalue weighted by molar-refractivity contribution is 5.86. The molecule has 8 heteroatoms. The van der Waals surface area contributed by atoms with Gasteiger partial charge in [0.1, 0.15) is 0 Å². The highest BCUT2D eigenvalue weighted by Gasteiger charge is 2.26. The second-order valence-corrected chi connectivity index (χ2v) is 3.08. The second-order valence-electron chi connectivity index (χ2n) is 3.08. The van der Waals surface area contributed by atoms with Crippen molar-refractivity contribution in [2.75, 3.05) is 7.11 Å². The number of nitrogens with zero attached hydrogens (tertiary/aromatic N) is 3. The molecule has 90 valence electrons. The minimum atomic E-state index is -4.17. The van der Waals surface area contributed by atoms with E-state index in [4.69, 9.17) is 0 Å². The zero-order chi connectivity index (χ0) is 12.2. The minimum Gasteiger partial charge on any atom is -0.464 e. The van der Waals surface area contributed by atoms with E-state index in [-0.39, 0.29) is 18.7 Å². The van der Waals surface area contributed by atoms with E-state index in [9.17, 15) is 18.0 Å². The molecule has 0 atom stereocenters. The number of aromatic nitrogens is 3. The van der Waals surface area contributed by atoms with Crippen molar-refractivity contribution in [3.8, 4) is 0 Å². The van der Waals surface area contributed by atoms with E-state index < -0.39 is 18.6 Å². The Hall–Kier alpha value is -1.60. The van der Waals surface area contributed by atoms with Gasteiger partial charge >= 0.3 is 12.1 Å². The monoisotopic (exact) mass is 237 g/mol. The van der Waals surface area contributed by atoms with Gasteiger partial charge in [0.2, 0.25) is 0 Å². The van der Waals surface area contributed by atoms with Crippen LogP contribution >= 0.6 is 0 Å². The molecule has 1 aromatic heterocycles. The molecule has 0 aliphatic carbocycles. The van der Waals surface area contributed by atoms with Crippen molar-refractivity contribution in [1.82, 2.24) is 15.0 Å². The maximum absolute atomic E-state index is 11.8. The Bertz CT molecular complexity index is 362. The lowest BCUT2D eigenvalue weighted by atomic mass is 10.3. The van der Waals surface area contributed by atoms with Crippen LogP contribution in [-0.2, 0) is 11.3 Å². The first-order valence-corrected chi connectivity index (χ1v) is 4.47. The predicted octanol–water partition coefficient (Wildman–Crippen LogP) is 1.41. The molecule has 0 unspecified atom stereocenters. The summed E-state index contributed by atoms with van der Waals surface area (Å²) in [6, 6.07) is 0. The molecule has 0 aliphatic rings. The number of aryl methyl sites for hydroxylation is 1. The highest BCUT2D eigenvalue weighted by atomic mass is 19.4. The number of hydrogen-bond acceptors (Lipinski definition) is 4. The number of carbonyl (C=O) groups excluding carboxylic acids is 1. The quantitative estimate of drug-likeness (QED) is 0.743. The minimum absolute atomic E-state index is 0.0190. The van der Waals surface area contributed by atoms with E-state index in [1.807, 2.05) is 0 Å². The van der Waals surface area contributed by atoms with E-state index in [2.05, 4.69) is 15.0 Å². The number of methoxy groups -OCH3 is 1. The fourth-order valence-electron chi connectivity index (χ4n) is 1.05. The molecule has 0 N–H and O–H groups in total. The lowest BCUT2D eigenvalue weighted by molar-refractivity contribution is -0.136. The summed E-state index contributed by atoms with van der Waals surface area (Å²) < 4.78 is 41.0. The number of ether oxygens (including phenoxy) is 1. The average Bonchev–Trinajstić information content (AvgIpc) is 2.63. The number of rotatable bonds is 4. The molecule has 0 saturated heterocycles. The first-order chi connectivity index (χ1) is 7.42. The normalized spacial score (nSPS) is 11.5. The molecule has 0 aromatic carbocycles. The summed E-state index contributed by atoms with van der Waals surface area (Å²) in [5.41, 5.74) is -0.0190. The van der Waals surface area contributed by atoms with Crippen LogP contribution in [0.2, 0.25) is 0 Å². The molecule has 5 nitrogen and oxygen atoms in total. The molecule has 0 bridgehead atoms. The summed E-state index contributed by atoms with van der Waals surface area (Å²) in [7, 11) is 1.19. The standard InChI is InChI=1S/C8H10F3N3O2/c1-16-7(15)6-5-14(13-12-6)4-2-3-8(9,10)11/h5H,2-4H2,1H3. The van der Waals surface area contributed by atoms with Gasteiger partial charge in [-0.05, 0) is 6.42 Å². The van der Waals surface area contributed by atoms with Gasteiger partial charge in [-0.15, -0.1) is 5.10 Å². The number of esters is 1. The van der Waals surface area contributed by atoms with Gasteiger partial charge in [0.15, 0.2) is 5.69 Å². The van der Waals surface area contributed by atoms with Gasteiger partial charge in [-0.25, -0.2) is 4.79 Å². The van der Waals surface area contributed by atoms with Crippen molar-refractivity contribution in [2.24, 2.45) is 0 Å². The van der Waals surface area contributed by atoms with Crippen molar-refractivity contribution in [3.63, 3.8) is 0 Å². The topological polar surface area (TPSA) is 57.0 Å². The third-order valence-corrected chi connectivity index (χ3v) is 1.78. The first-order valence-electron chi connectivity index (χ1n) is 4.47. The van der Waals surface area contributed by atoms with E-state index in [0.29, 0.717) is 0 Å². The molecule has 16 heavy (non-hydrogen) atoms. The summed E-state index contributed by atoms with van der Waals surface area (Å²) in [5, 5.41) is 6.96. The smallest absolute Gasteiger partial charge is 0.389 e. The van der Waals surface area contributed by atoms with Gasteiger partial charge in [-0.1, -0.05) is 5.21 Å². The zero-order valence-corrected chi connectivity index (χ0v) is 8.49. The molecule has 1 heterocycles. The molecule has 0 spiro atoms. The first kappa shape index (κ1) is 12.5. The molecule has 1 aromatic rings. The summed E-state index contributed by atoms with van der Waals surface area (Å²) in [6.07, 6.45) is -3.91. The maximum Gasteiger partial charge on any atom is 0.389 e. The zero-order valence-electron chi connectivity index (χ0n) is 8.49. The van der Waals surface area contributed by atoms with Crippen LogP contribution in [0.15, 0.2) is 6.20 Å². The Morgan fingerprint density at radius 2 is 2.25 bits per heavy atom. The summed E-state index contributed by atoms with van der Waals surface area (Å²) in [6.45, 7) is 0.0590. The summed E-state index contributed by atoms with van der Waals surface area (Å²) >= 11 is 0. The third-order valence-electron chi connectivity index (χ3n) is 1.78.